The van der Waals surface area contributed by atoms with Crippen LogP contribution < -0.4 is 0 Å². The topological polar surface area (TPSA) is 129 Å². The standard InChI is InChI=1S/C31H42O9/c1-4-5-26-39-25-15-22-20-7-6-17-12-18(32)8-10-29(17,2)21(20)9-11-30(22,3)31(25,40-26)24(34)16-37-27-14-19(33)13-23(38-27)28(35)36/h8,10,12,19-23,25-27,33H,4-7,9,11,13-16H2,1-3H3,(H,35,36). The first-order chi connectivity index (χ1) is 19.0. The molecule has 3 saturated carbocycles. The van der Waals surface area contributed by atoms with Gasteiger partial charge in [-0.1, -0.05) is 38.8 Å². The number of ether oxygens (including phenoxy) is 4. The molecular weight excluding hydrogens is 516 g/mol. The Balaban J connectivity index is 1.26. The Morgan fingerprint density at radius 2 is 1.93 bits per heavy atom. The van der Waals surface area contributed by atoms with Crippen molar-refractivity contribution < 1.29 is 43.5 Å². The zero-order valence-corrected chi connectivity index (χ0v) is 23.7. The number of aliphatic hydroxyl groups excluding tert-OH is 1. The Morgan fingerprint density at radius 3 is 2.67 bits per heavy atom. The van der Waals surface area contributed by atoms with Crippen molar-refractivity contribution in [1.29, 1.82) is 0 Å². The predicted molar refractivity (Wildman–Crippen MR) is 142 cm³/mol. The summed E-state index contributed by atoms with van der Waals surface area (Å²) in [6, 6.07) is 0. The van der Waals surface area contributed by atoms with Crippen molar-refractivity contribution in [2.45, 2.75) is 115 Å². The number of carboxylic acids is 1. The number of hydrogen-bond donors (Lipinski definition) is 2. The minimum atomic E-state index is -1.17. The molecule has 40 heavy (non-hydrogen) atoms. The molecule has 2 aliphatic heterocycles. The van der Waals surface area contributed by atoms with E-state index in [4.69, 9.17) is 18.9 Å². The second-order valence-electron chi connectivity index (χ2n) is 13.2. The molecule has 6 aliphatic rings. The number of rotatable bonds is 7. The molecule has 11 unspecified atom stereocenters. The Bertz CT molecular complexity index is 1130. The molecule has 11 atom stereocenters. The van der Waals surface area contributed by atoms with Crippen LogP contribution >= 0.6 is 0 Å². The highest BCUT2D eigenvalue weighted by Gasteiger charge is 2.74. The number of carbonyl (C=O) groups is 3. The van der Waals surface area contributed by atoms with Crippen LogP contribution in [0.5, 0.6) is 0 Å². The van der Waals surface area contributed by atoms with Crippen LogP contribution in [0.15, 0.2) is 23.8 Å². The van der Waals surface area contributed by atoms with Gasteiger partial charge in [0, 0.05) is 23.7 Å². The molecule has 0 aromatic heterocycles. The number of carbonyl (C=O) groups excluding carboxylic acids is 2. The summed E-state index contributed by atoms with van der Waals surface area (Å²) >= 11 is 0. The maximum absolute atomic E-state index is 14.3. The SMILES string of the molecule is CCCC1OC2CC3C4CCC5=CC(=O)C=CC5(C)C4CCC3(C)C2(C(=O)COC2CC(O)CC(C(=O)O)O2)O1. The molecule has 2 saturated heterocycles. The van der Waals surface area contributed by atoms with Crippen molar-refractivity contribution in [1.82, 2.24) is 0 Å². The van der Waals surface area contributed by atoms with Gasteiger partial charge in [0.05, 0.1) is 12.2 Å². The normalized spacial score (nSPS) is 47.6. The number of aliphatic carboxylic acids is 1. The number of allylic oxidation sites excluding steroid dienone is 4. The van der Waals surface area contributed by atoms with Gasteiger partial charge >= 0.3 is 5.97 Å². The fourth-order valence-electron chi connectivity index (χ4n) is 9.29. The van der Waals surface area contributed by atoms with Gasteiger partial charge in [0.2, 0.25) is 0 Å². The van der Waals surface area contributed by atoms with E-state index < -0.39 is 41.8 Å². The lowest BCUT2D eigenvalue weighted by Gasteiger charge is -2.58. The van der Waals surface area contributed by atoms with Crippen molar-refractivity contribution in [3.8, 4) is 0 Å². The summed E-state index contributed by atoms with van der Waals surface area (Å²) in [4.78, 5) is 37.9. The summed E-state index contributed by atoms with van der Waals surface area (Å²) in [7, 11) is 0. The summed E-state index contributed by atoms with van der Waals surface area (Å²) in [6.07, 6.45) is 7.77. The third kappa shape index (κ3) is 4.18. The zero-order chi connectivity index (χ0) is 28.4. The number of ketones is 2. The van der Waals surface area contributed by atoms with Gasteiger partial charge in [-0.15, -0.1) is 0 Å². The molecule has 4 aliphatic carbocycles. The lowest BCUT2D eigenvalue weighted by atomic mass is 9.47. The smallest absolute Gasteiger partial charge is 0.333 e. The highest BCUT2D eigenvalue weighted by molar-refractivity contribution is 6.01. The van der Waals surface area contributed by atoms with Crippen LogP contribution in [0.4, 0.5) is 0 Å². The Hall–Kier alpha value is -1.91. The highest BCUT2D eigenvalue weighted by Crippen LogP contribution is 2.69. The largest absolute Gasteiger partial charge is 0.479 e. The summed E-state index contributed by atoms with van der Waals surface area (Å²) in [6.45, 7) is 6.22. The lowest BCUT2D eigenvalue weighted by molar-refractivity contribution is -0.227. The summed E-state index contributed by atoms with van der Waals surface area (Å²) in [5.74, 6) is -0.309. The van der Waals surface area contributed by atoms with E-state index in [9.17, 15) is 24.6 Å². The molecule has 0 spiro atoms. The zero-order valence-electron chi connectivity index (χ0n) is 23.7. The van der Waals surface area contributed by atoms with Gasteiger partial charge in [-0.25, -0.2) is 4.79 Å². The van der Waals surface area contributed by atoms with Crippen LogP contribution in [0.1, 0.15) is 78.6 Å². The van der Waals surface area contributed by atoms with E-state index in [2.05, 4.69) is 26.8 Å². The van der Waals surface area contributed by atoms with Gasteiger partial charge in [-0.3, -0.25) is 9.59 Å². The molecule has 0 aromatic rings. The fraction of sp³-hybridized carbons (Fsp3) is 0.774. The molecule has 2 heterocycles. The first kappa shape index (κ1) is 28.2. The van der Waals surface area contributed by atoms with Crippen LogP contribution in [-0.4, -0.2) is 70.8 Å². The average Bonchev–Trinajstić information content (AvgIpc) is 3.39. The third-order valence-corrected chi connectivity index (χ3v) is 11.2. The van der Waals surface area contributed by atoms with Gasteiger partial charge < -0.3 is 29.2 Å². The molecule has 5 fully saturated rings. The van der Waals surface area contributed by atoms with E-state index in [1.807, 2.05) is 6.08 Å². The minimum Gasteiger partial charge on any atom is -0.479 e. The van der Waals surface area contributed by atoms with Crippen molar-refractivity contribution >= 4 is 17.5 Å². The van der Waals surface area contributed by atoms with Gasteiger partial charge in [0.25, 0.3) is 0 Å². The predicted octanol–water partition coefficient (Wildman–Crippen LogP) is 3.72. The monoisotopic (exact) mass is 558 g/mol. The first-order valence-corrected chi connectivity index (χ1v) is 15.0. The molecule has 9 heteroatoms. The van der Waals surface area contributed by atoms with Crippen molar-refractivity contribution in [3.63, 3.8) is 0 Å². The highest BCUT2D eigenvalue weighted by atomic mass is 16.7. The molecular formula is C31H42O9. The van der Waals surface area contributed by atoms with Gasteiger partial charge in [0.15, 0.2) is 35.9 Å². The number of fused-ring (bicyclic) bond motifs is 7. The number of carboxylic acid groups (broad SMARTS) is 1. The fourth-order valence-corrected chi connectivity index (χ4v) is 9.29. The van der Waals surface area contributed by atoms with Crippen molar-refractivity contribution in [2.24, 2.45) is 28.6 Å². The maximum atomic E-state index is 14.3. The minimum absolute atomic E-state index is 0.00766. The lowest BCUT2D eigenvalue weighted by Crippen LogP contribution is -2.61. The molecule has 0 amide bonds. The molecule has 0 bridgehead atoms. The van der Waals surface area contributed by atoms with Gasteiger partial charge in [-0.05, 0) is 68.4 Å². The van der Waals surface area contributed by atoms with Crippen molar-refractivity contribution in [2.75, 3.05) is 6.61 Å². The second kappa shape index (κ2) is 10.1. The Labute approximate surface area is 235 Å². The third-order valence-electron chi connectivity index (χ3n) is 11.2. The maximum Gasteiger partial charge on any atom is 0.333 e. The summed E-state index contributed by atoms with van der Waals surface area (Å²) in [5.41, 5.74) is -0.531. The molecule has 220 valence electrons. The van der Waals surface area contributed by atoms with Crippen LogP contribution in [0.2, 0.25) is 0 Å². The molecule has 0 aromatic carbocycles. The number of aliphatic hydroxyl groups is 1. The van der Waals surface area contributed by atoms with Gasteiger partial charge in [0.1, 0.15) is 6.61 Å². The molecule has 2 N–H and O–H groups in total. The summed E-state index contributed by atoms with van der Waals surface area (Å²) in [5, 5.41) is 19.5. The van der Waals surface area contributed by atoms with E-state index in [1.54, 1.807) is 6.08 Å². The van der Waals surface area contributed by atoms with E-state index in [0.29, 0.717) is 18.3 Å². The first-order valence-electron chi connectivity index (χ1n) is 15.0. The number of hydrogen-bond acceptors (Lipinski definition) is 8. The Morgan fingerprint density at radius 1 is 1.12 bits per heavy atom. The van der Waals surface area contributed by atoms with Crippen LogP contribution in [0, 0.1) is 28.6 Å². The molecule has 6 rings (SSSR count). The van der Waals surface area contributed by atoms with Crippen LogP contribution in [0.3, 0.4) is 0 Å². The van der Waals surface area contributed by atoms with Crippen LogP contribution in [0.25, 0.3) is 0 Å². The van der Waals surface area contributed by atoms with E-state index in [0.717, 1.165) is 38.5 Å². The van der Waals surface area contributed by atoms with Crippen molar-refractivity contribution in [3.05, 3.63) is 23.8 Å². The molecule has 9 nitrogen and oxygen atoms in total. The van der Waals surface area contributed by atoms with E-state index in [1.165, 1.54) is 5.57 Å². The Kier molecular flexibility index (Phi) is 7.14. The second-order valence-corrected chi connectivity index (χ2v) is 13.2. The van der Waals surface area contributed by atoms with Crippen LogP contribution in [-0.2, 0) is 33.3 Å². The van der Waals surface area contributed by atoms with E-state index >= 15 is 0 Å². The molecule has 0 radical (unpaired) electrons. The average molecular weight is 559 g/mol. The number of Topliss-reactive ketones (excluding diaryl/α,β-unsaturated/α-hetero) is 1. The van der Waals surface area contributed by atoms with Gasteiger partial charge in [-0.2, -0.15) is 0 Å². The van der Waals surface area contributed by atoms with E-state index in [-0.39, 0.29) is 48.5 Å². The summed E-state index contributed by atoms with van der Waals surface area (Å²) < 4.78 is 24.5. The quantitative estimate of drug-likeness (QED) is 0.480.